The van der Waals surface area contributed by atoms with Crippen LogP contribution in [-0.2, 0) is 11.3 Å². The molecule has 0 amide bonds. The number of nitrogens with zero attached hydrogens (tertiary/aromatic N) is 3. The second-order valence-electron chi connectivity index (χ2n) is 4.18. The summed E-state index contributed by atoms with van der Waals surface area (Å²) in [4.78, 5) is 22.0. The van der Waals surface area contributed by atoms with Gasteiger partial charge in [-0.3, -0.25) is 14.8 Å². The molecule has 2 rings (SSSR count). The highest BCUT2D eigenvalue weighted by Crippen LogP contribution is 2.23. The predicted octanol–water partition coefficient (Wildman–Crippen LogP) is 2.67. The predicted molar refractivity (Wildman–Crippen MR) is 75.4 cm³/mol. The Morgan fingerprint density at radius 3 is 2.95 bits per heavy atom. The highest BCUT2D eigenvalue weighted by Gasteiger charge is 2.16. The molecule has 0 aliphatic heterocycles. The zero-order chi connectivity index (χ0) is 15.4. The average molecular weight is 310 g/mol. The van der Waals surface area contributed by atoms with Crippen LogP contribution in [0.1, 0.15) is 22.8 Å². The van der Waals surface area contributed by atoms with Crippen LogP contribution in [0.2, 0.25) is 5.02 Å². The maximum absolute atomic E-state index is 11.5. The fraction of sp³-hybridized carbons (Fsp3) is 0.231. The second kappa shape index (κ2) is 6.36. The number of halogens is 1. The van der Waals surface area contributed by atoms with Crippen LogP contribution < -0.4 is 0 Å². The van der Waals surface area contributed by atoms with Crippen molar-refractivity contribution in [2.24, 2.45) is 0 Å². The first-order valence-corrected chi connectivity index (χ1v) is 6.51. The van der Waals surface area contributed by atoms with Gasteiger partial charge in [0, 0.05) is 17.3 Å². The van der Waals surface area contributed by atoms with Crippen LogP contribution >= 0.6 is 11.6 Å². The molecule has 0 spiro atoms. The molecule has 2 aromatic rings. The summed E-state index contributed by atoms with van der Waals surface area (Å²) >= 11 is 5.86. The van der Waals surface area contributed by atoms with Gasteiger partial charge < -0.3 is 4.74 Å². The Hall–Kier alpha value is -2.41. The summed E-state index contributed by atoms with van der Waals surface area (Å²) in [5.74, 6) is -0.482. The molecule has 1 aromatic carbocycles. The summed E-state index contributed by atoms with van der Waals surface area (Å²) < 4.78 is 6.27. The lowest BCUT2D eigenvalue weighted by molar-refractivity contribution is -0.385. The van der Waals surface area contributed by atoms with Gasteiger partial charge in [-0.25, -0.2) is 4.79 Å². The number of ether oxygens (including phenoxy) is 1. The third-order valence-electron chi connectivity index (χ3n) is 2.71. The van der Waals surface area contributed by atoms with E-state index >= 15 is 0 Å². The van der Waals surface area contributed by atoms with Crippen molar-refractivity contribution in [3.63, 3.8) is 0 Å². The number of esters is 1. The molecule has 0 atom stereocenters. The first-order chi connectivity index (χ1) is 10.0. The van der Waals surface area contributed by atoms with Crippen LogP contribution in [0.5, 0.6) is 0 Å². The largest absolute Gasteiger partial charge is 0.462 e. The summed E-state index contributed by atoms with van der Waals surface area (Å²) in [5.41, 5.74) is 0.653. The summed E-state index contributed by atoms with van der Waals surface area (Å²) in [6.45, 7) is 2.11. The molecule has 110 valence electrons. The fourth-order valence-electron chi connectivity index (χ4n) is 1.80. The molecule has 7 nitrogen and oxygen atoms in total. The Labute approximate surface area is 125 Å². The molecular formula is C13H12ClN3O4. The molecule has 0 bridgehead atoms. The molecule has 1 heterocycles. The molecule has 0 saturated carbocycles. The van der Waals surface area contributed by atoms with E-state index in [1.165, 1.54) is 35.3 Å². The third kappa shape index (κ3) is 3.57. The number of hydrogen-bond acceptors (Lipinski definition) is 5. The van der Waals surface area contributed by atoms with E-state index in [2.05, 4.69) is 5.10 Å². The number of aromatic nitrogens is 2. The molecule has 0 saturated heterocycles. The van der Waals surface area contributed by atoms with Crippen molar-refractivity contribution < 1.29 is 14.5 Å². The molecule has 0 aliphatic carbocycles. The van der Waals surface area contributed by atoms with Gasteiger partial charge in [-0.2, -0.15) is 5.10 Å². The van der Waals surface area contributed by atoms with Crippen LogP contribution in [0.3, 0.4) is 0 Å². The fourth-order valence-corrected chi connectivity index (χ4v) is 2.00. The van der Waals surface area contributed by atoms with Crippen LogP contribution in [0.15, 0.2) is 30.6 Å². The summed E-state index contributed by atoms with van der Waals surface area (Å²) in [7, 11) is 0. The van der Waals surface area contributed by atoms with E-state index in [0.717, 1.165) is 0 Å². The average Bonchev–Trinajstić information content (AvgIpc) is 2.87. The SMILES string of the molecule is CCOC(=O)c1cnn(Cc2cc(Cl)ccc2[N+](=O)[O-])c1. The second-order valence-corrected chi connectivity index (χ2v) is 4.61. The number of hydrogen-bond donors (Lipinski definition) is 0. The number of nitro groups is 1. The van der Waals surface area contributed by atoms with Crippen molar-refractivity contribution in [1.82, 2.24) is 9.78 Å². The number of rotatable bonds is 5. The molecule has 0 aliphatic rings. The highest BCUT2D eigenvalue weighted by atomic mass is 35.5. The molecule has 0 unspecified atom stereocenters. The van der Waals surface area contributed by atoms with E-state index in [0.29, 0.717) is 16.1 Å². The van der Waals surface area contributed by atoms with Gasteiger partial charge in [0.25, 0.3) is 5.69 Å². The number of benzene rings is 1. The van der Waals surface area contributed by atoms with Gasteiger partial charge in [0.1, 0.15) is 0 Å². The molecule has 21 heavy (non-hydrogen) atoms. The quantitative estimate of drug-likeness (QED) is 0.481. The zero-order valence-corrected chi connectivity index (χ0v) is 11.9. The normalized spacial score (nSPS) is 10.4. The smallest absolute Gasteiger partial charge is 0.341 e. The lowest BCUT2D eigenvalue weighted by atomic mass is 10.2. The van der Waals surface area contributed by atoms with Crippen molar-refractivity contribution in [2.45, 2.75) is 13.5 Å². The minimum absolute atomic E-state index is 0.0485. The molecule has 0 radical (unpaired) electrons. The van der Waals surface area contributed by atoms with Gasteiger partial charge in [0.15, 0.2) is 0 Å². The van der Waals surface area contributed by atoms with Gasteiger partial charge in [0.05, 0.1) is 35.4 Å². The maximum atomic E-state index is 11.5. The van der Waals surface area contributed by atoms with Crippen LogP contribution in [-0.4, -0.2) is 27.3 Å². The van der Waals surface area contributed by atoms with E-state index in [9.17, 15) is 14.9 Å². The third-order valence-corrected chi connectivity index (χ3v) is 2.95. The summed E-state index contributed by atoms with van der Waals surface area (Å²) in [6.07, 6.45) is 2.83. The Balaban J connectivity index is 2.24. The Morgan fingerprint density at radius 2 is 2.29 bits per heavy atom. The first kappa shape index (κ1) is 15.0. The van der Waals surface area contributed by atoms with E-state index in [1.807, 2.05) is 0 Å². The number of carbonyl (C=O) groups is 1. The molecule has 1 aromatic heterocycles. The standard InChI is InChI=1S/C13H12ClN3O4/c1-2-21-13(18)10-6-15-16(8-10)7-9-5-11(14)3-4-12(9)17(19)20/h3-6,8H,2,7H2,1H3. The molecular weight excluding hydrogens is 298 g/mol. The molecule has 0 fully saturated rings. The van der Waals surface area contributed by atoms with Crippen molar-refractivity contribution in [3.05, 3.63) is 56.9 Å². The van der Waals surface area contributed by atoms with Gasteiger partial charge in [-0.05, 0) is 19.1 Å². The van der Waals surface area contributed by atoms with Gasteiger partial charge in [-0.15, -0.1) is 0 Å². The minimum Gasteiger partial charge on any atom is -0.462 e. The van der Waals surface area contributed by atoms with Gasteiger partial charge in [-0.1, -0.05) is 11.6 Å². The van der Waals surface area contributed by atoms with Crippen LogP contribution in [0, 0.1) is 10.1 Å². The topological polar surface area (TPSA) is 87.3 Å². The lowest BCUT2D eigenvalue weighted by Gasteiger charge is -2.04. The Morgan fingerprint density at radius 1 is 1.52 bits per heavy atom. The van der Waals surface area contributed by atoms with Crippen LogP contribution in [0.25, 0.3) is 0 Å². The Bertz CT molecular complexity index is 684. The minimum atomic E-state index is -0.485. The molecule has 8 heteroatoms. The van der Waals surface area contributed by atoms with Crippen molar-refractivity contribution >= 4 is 23.3 Å². The summed E-state index contributed by atoms with van der Waals surface area (Å²) in [5, 5.41) is 15.4. The first-order valence-electron chi connectivity index (χ1n) is 6.13. The Kier molecular flexibility index (Phi) is 4.54. The zero-order valence-electron chi connectivity index (χ0n) is 11.2. The van der Waals surface area contributed by atoms with Gasteiger partial charge >= 0.3 is 5.97 Å². The number of carbonyl (C=O) groups excluding carboxylic acids is 1. The van der Waals surface area contributed by atoms with Crippen molar-refractivity contribution in [1.29, 1.82) is 0 Å². The van der Waals surface area contributed by atoms with Crippen LogP contribution in [0.4, 0.5) is 5.69 Å². The van der Waals surface area contributed by atoms with Gasteiger partial charge in [0.2, 0.25) is 0 Å². The molecule has 0 N–H and O–H groups in total. The van der Waals surface area contributed by atoms with E-state index in [1.54, 1.807) is 6.92 Å². The van der Waals surface area contributed by atoms with Crippen molar-refractivity contribution in [2.75, 3.05) is 6.61 Å². The van der Waals surface area contributed by atoms with E-state index < -0.39 is 10.9 Å². The number of nitro benzene ring substituents is 1. The maximum Gasteiger partial charge on any atom is 0.341 e. The lowest BCUT2D eigenvalue weighted by Crippen LogP contribution is -2.05. The van der Waals surface area contributed by atoms with E-state index in [4.69, 9.17) is 16.3 Å². The highest BCUT2D eigenvalue weighted by molar-refractivity contribution is 6.30. The summed E-state index contributed by atoms with van der Waals surface area (Å²) in [6, 6.07) is 4.30. The monoisotopic (exact) mass is 309 g/mol. The van der Waals surface area contributed by atoms with E-state index in [-0.39, 0.29) is 18.8 Å². The van der Waals surface area contributed by atoms with Crippen molar-refractivity contribution in [3.8, 4) is 0 Å².